The molecule has 1 heterocycles. The number of amides is 3. The van der Waals surface area contributed by atoms with Gasteiger partial charge in [-0.2, -0.15) is 0 Å². The fraction of sp³-hybridized carbons (Fsp3) is 0.464. The third-order valence-corrected chi connectivity index (χ3v) is 7.28. The minimum absolute atomic E-state index is 0.0748. The summed E-state index contributed by atoms with van der Waals surface area (Å²) in [4.78, 5) is 41.8. The highest BCUT2D eigenvalue weighted by atomic mass is 16.2. The lowest BCUT2D eigenvalue weighted by Crippen LogP contribution is -2.55. The van der Waals surface area contributed by atoms with Gasteiger partial charge in [0, 0.05) is 6.54 Å². The number of nitrogens with zero attached hydrogens (tertiary/aromatic N) is 1. The van der Waals surface area contributed by atoms with Crippen molar-refractivity contribution in [3.63, 3.8) is 0 Å². The van der Waals surface area contributed by atoms with Crippen LogP contribution in [0.1, 0.15) is 68.0 Å². The van der Waals surface area contributed by atoms with Crippen LogP contribution in [0.15, 0.2) is 48.5 Å². The van der Waals surface area contributed by atoms with Crippen LogP contribution in [0.3, 0.4) is 0 Å². The van der Waals surface area contributed by atoms with E-state index in [1.807, 2.05) is 50.2 Å². The Kier molecular flexibility index (Phi) is 7.55. The van der Waals surface area contributed by atoms with E-state index in [0.29, 0.717) is 6.54 Å². The van der Waals surface area contributed by atoms with Crippen molar-refractivity contribution in [3.8, 4) is 0 Å². The van der Waals surface area contributed by atoms with Crippen LogP contribution in [0.25, 0.3) is 0 Å². The number of nitrogens with one attached hydrogen (secondary N) is 3. The first-order valence-corrected chi connectivity index (χ1v) is 12.6. The summed E-state index contributed by atoms with van der Waals surface area (Å²) in [6.07, 6.45) is 2.90. The predicted octanol–water partition coefficient (Wildman–Crippen LogP) is 3.01. The van der Waals surface area contributed by atoms with Gasteiger partial charge in [-0.1, -0.05) is 62.4 Å². The Morgan fingerprint density at radius 1 is 0.943 bits per heavy atom. The zero-order chi connectivity index (χ0) is 25.1. The van der Waals surface area contributed by atoms with Crippen molar-refractivity contribution in [2.45, 2.75) is 70.7 Å². The van der Waals surface area contributed by atoms with Gasteiger partial charge in [0.05, 0.1) is 12.1 Å². The average molecular weight is 477 g/mol. The number of carbonyl (C=O) groups is 3. The first kappa shape index (κ1) is 24.9. The molecule has 0 aromatic heterocycles. The van der Waals surface area contributed by atoms with E-state index in [4.69, 9.17) is 0 Å². The molecule has 0 fully saturated rings. The summed E-state index contributed by atoms with van der Waals surface area (Å²) in [6, 6.07) is 14.0. The van der Waals surface area contributed by atoms with Crippen LogP contribution in [-0.2, 0) is 27.3 Å². The molecule has 4 atom stereocenters. The quantitative estimate of drug-likeness (QED) is 0.573. The molecule has 0 saturated heterocycles. The Morgan fingerprint density at radius 2 is 1.60 bits per heavy atom. The van der Waals surface area contributed by atoms with E-state index in [9.17, 15) is 14.4 Å². The first-order chi connectivity index (χ1) is 16.8. The molecular formula is C28H36N4O3. The third-order valence-electron chi connectivity index (χ3n) is 7.28. The molecule has 0 saturated carbocycles. The van der Waals surface area contributed by atoms with Crippen molar-refractivity contribution < 1.29 is 14.4 Å². The van der Waals surface area contributed by atoms with Crippen LogP contribution in [-0.4, -0.2) is 41.8 Å². The van der Waals surface area contributed by atoms with Crippen LogP contribution in [0, 0.1) is 5.92 Å². The fourth-order valence-electron chi connectivity index (χ4n) is 5.13. The van der Waals surface area contributed by atoms with E-state index in [1.54, 1.807) is 18.9 Å². The molecule has 186 valence electrons. The molecule has 2 aromatic rings. The molecule has 1 aliphatic heterocycles. The van der Waals surface area contributed by atoms with Gasteiger partial charge in [-0.25, -0.2) is 0 Å². The number of carbonyl (C=O) groups excluding carboxylic acids is 3. The molecule has 0 radical (unpaired) electrons. The Morgan fingerprint density at radius 3 is 2.29 bits per heavy atom. The van der Waals surface area contributed by atoms with Crippen molar-refractivity contribution >= 4 is 17.7 Å². The summed E-state index contributed by atoms with van der Waals surface area (Å²) in [5.74, 6) is -0.788. The van der Waals surface area contributed by atoms with Crippen LogP contribution in [0.5, 0.6) is 0 Å². The Labute approximate surface area is 207 Å². The zero-order valence-corrected chi connectivity index (χ0v) is 21.0. The normalized spacial score (nSPS) is 20.5. The van der Waals surface area contributed by atoms with E-state index in [2.05, 4.69) is 28.1 Å². The summed E-state index contributed by atoms with van der Waals surface area (Å²) in [5, 5.41) is 9.06. The topological polar surface area (TPSA) is 90.5 Å². The van der Waals surface area contributed by atoms with Crippen LogP contribution >= 0.6 is 0 Å². The molecule has 7 nitrogen and oxygen atoms in total. The highest BCUT2D eigenvalue weighted by Gasteiger charge is 2.42. The van der Waals surface area contributed by atoms with E-state index in [1.165, 1.54) is 5.56 Å². The molecule has 3 N–H and O–H groups in total. The van der Waals surface area contributed by atoms with E-state index in [0.717, 1.165) is 36.0 Å². The molecule has 35 heavy (non-hydrogen) atoms. The second-order valence-corrected chi connectivity index (χ2v) is 9.96. The lowest BCUT2D eigenvalue weighted by molar-refractivity contribution is -0.144. The number of likely N-dealkylation sites (N-methyl/N-ethyl adjacent to an activating group) is 1. The van der Waals surface area contributed by atoms with Gasteiger partial charge in [0.2, 0.25) is 17.7 Å². The molecule has 2 aromatic carbocycles. The van der Waals surface area contributed by atoms with Crippen LogP contribution in [0.4, 0.5) is 0 Å². The largest absolute Gasteiger partial charge is 0.347 e. The van der Waals surface area contributed by atoms with Gasteiger partial charge in [0.1, 0.15) is 12.1 Å². The lowest BCUT2D eigenvalue weighted by Gasteiger charge is -2.33. The Bertz CT molecular complexity index is 1100. The molecule has 7 heteroatoms. The fourth-order valence-corrected chi connectivity index (χ4v) is 5.13. The van der Waals surface area contributed by atoms with E-state index < -0.39 is 18.1 Å². The summed E-state index contributed by atoms with van der Waals surface area (Å²) >= 11 is 0. The predicted molar refractivity (Wildman–Crippen MR) is 135 cm³/mol. The summed E-state index contributed by atoms with van der Waals surface area (Å²) < 4.78 is 0. The van der Waals surface area contributed by atoms with Crippen molar-refractivity contribution in [2.75, 3.05) is 7.05 Å². The smallest absolute Gasteiger partial charge is 0.247 e. The summed E-state index contributed by atoms with van der Waals surface area (Å²) in [6.45, 7) is 5.91. The molecule has 0 bridgehead atoms. The maximum absolute atomic E-state index is 13.8. The van der Waals surface area contributed by atoms with Crippen molar-refractivity contribution in [1.29, 1.82) is 0 Å². The molecule has 2 aliphatic rings. The van der Waals surface area contributed by atoms with Crippen LogP contribution in [0.2, 0.25) is 0 Å². The Balaban J connectivity index is 1.60. The number of fused-ring (bicyclic) bond motifs is 2. The number of rotatable bonds is 7. The van der Waals surface area contributed by atoms with Gasteiger partial charge >= 0.3 is 0 Å². The number of hydrogen-bond acceptors (Lipinski definition) is 4. The monoisotopic (exact) mass is 476 g/mol. The molecular weight excluding hydrogens is 440 g/mol. The van der Waals surface area contributed by atoms with Crippen molar-refractivity contribution in [3.05, 3.63) is 70.8 Å². The van der Waals surface area contributed by atoms with Gasteiger partial charge in [-0.05, 0) is 61.4 Å². The molecule has 4 unspecified atom stereocenters. The van der Waals surface area contributed by atoms with Gasteiger partial charge in [0.15, 0.2) is 0 Å². The van der Waals surface area contributed by atoms with E-state index >= 15 is 0 Å². The van der Waals surface area contributed by atoms with Crippen molar-refractivity contribution in [2.24, 2.45) is 5.92 Å². The zero-order valence-electron chi connectivity index (χ0n) is 21.0. The first-order valence-electron chi connectivity index (χ1n) is 12.6. The highest BCUT2D eigenvalue weighted by molar-refractivity contribution is 5.94. The summed E-state index contributed by atoms with van der Waals surface area (Å²) in [5.41, 5.74) is 4.23. The molecule has 0 spiro atoms. The summed E-state index contributed by atoms with van der Waals surface area (Å²) in [7, 11) is 1.71. The minimum Gasteiger partial charge on any atom is -0.347 e. The second-order valence-electron chi connectivity index (χ2n) is 9.96. The molecule has 4 rings (SSSR count). The van der Waals surface area contributed by atoms with Crippen LogP contribution < -0.4 is 16.0 Å². The SMILES string of the molecule is CNC(C)C(=O)NC(C(=O)N1Cc2ccccc2C1C(=O)NC1CCCc2ccccc21)C(C)C. The van der Waals surface area contributed by atoms with Gasteiger partial charge in [-0.3, -0.25) is 14.4 Å². The van der Waals surface area contributed by atoms with Gasteiger partial charge in [0.25, 0.3) is 0 Å². The molecule has 3 amide bonds. The standard InChI is InChI=1S/C28H36N4O3/c1-17(2)24(31-26(33)18(3)29-4)28(35)32-16-20-11-6-8-14-22(20)25(32)27(34)30-23-15-9-12-19-10-5-7-13-21(19)23/h5-8,10-11,13-14,17-18,23-25,29H,9,12,15-16H2,1-4H3,(H,30,34)(H,31,33). The third kappa shape index (κ3) is 5.10. The Hall–Kier alpha value is -3.19. The van der Waals surface area contributed by atoms with Gasteiger partial charge in [-0.15, -0.1) is 0 Å². The second kappa shape index (κ2) is 10.6. The van der Waals surface area contributed by atoms with E-state index in [-0.39, 0.29) is 29.7 Å². The van der Waals surface area contributed by atoms with Gasteiger partial charge < -0.3 is 20.9 Å². The van der Waals surface area contributed by atoms with Crippen molar-refractivity contribution in [1.82, 2.24) is 20.9 Å². The number of aryl methyl sites for hydroxylation is 1. The number of hydrogen-bond donors (Lipinski definition) is 3. The average Bonchev–Trinajstić information content (AvgIpc) is 3.26. The highest BCUT2D eigenvalue weighted by Crippen LogP contribution is 2.36. The molecule has 1 aliphatic carbocycles. The maximum Gasteiger partial charge on any atom is 0.247 e. The lowest BCUT2D eigenvalue weighted by atomic mass is 9.87. The maximum atomic E-state index is 13.8. The number of benzene rings is 2. The minimum atomic E-state index is -0.729.